The summed E-state index contributed by atoms with van der Waals surface area (Å²) in [6.45, 7) is 6.72. The van der Waals surface area contributed by atoms with Crippen LogP contribution < -0.4 is 9.47 Å². The molecule has 1 aromatic carbocycles. The highest BCUT2D eigenvalue weighted by Crippen LogP contribution is 2.58. The lowest BCUT2D eigenvalue weighted by molar-refractivity contribution is 0.167. The third-order valence-electron chi connectivity index (χ3n) is 6.98. The van der Waals surface area contributed by atoms with Gasteiger partial charge in [-0.1, -0.05) is 32.9 Å². The van der Waals surface area contributed by atoms with Crippen LogP contribution in [-0.2, 0) is 0 Å². The Hall–Kier alpha value is -3.30. The van der Waals surface area contributed by atoms with Crippen LogP contribution >= 0.6 is 0 Å². The summed E-state index contributed by atoms with van der Waals surface area (Å²) >= 11 is 0. The lowest BCUT2D eigenvalue weighted by Crippen LogP contribution is -2.50. The molecule has 0 aromatic heterocycles. The fourth-order valence-electron chi connectivity index (χ4n) is 5.21. The summed E-state index contributed by atoms with van der Waals surface area (Å²) in [5.74, 6) is 0.0211. The molecule has 1 aliphatic heterocycles. The smallest absolute Gasteiger partial charge is 0.231 e. The van der Waals surface area contributed by atoms with Crippen molar-refractivity contribution in [3.63, 3.8) is 0 Å². The van der Waals surface area contributed by atoms with Crippen molar-refractivity contribution in [1.82, 2.24) is 0 Å². The van der Waals surface area contributed by atoms with Crippen LogP contribution in [0.4, 0.5) is 0 Å². The van der Waals surface area contributed by atoms with Gasteiger partial charge in [0, 0.05) is 5.92 Å². The van der Waals surface area contributed by atoms with Crippen LogP contribution in [0.15, 0.2) is 29.8 Å². The Bertz CT molecular complexity index is 1050. The van der Waals surface area contributed by atoms with Gasteiger partial charge in [0.2, 0.25) is 6.79 Å². The zero-order valence-corrected chi connectivity index (χ0v) is 17.4. The highest BCUT2D eigenvalue weighted by atomic mass is 16.7. The summed E-state index contributed by atoms with van der Waals surface area (Å²) in [5, 5.41) is 38.9. The van der Waals surface area contributed by atoms with Gasteiger partial charge in [0.1, 0.15) is 5.92 Å². The number of hydrogen-bond donors (Lipinski definition) is 1. The molecule has 0 saturated heterocycles. The quantitative estimate of drug-likeness (QED) is 0.686. The van der Waals surface area contributed by atoms with E-state index in [1.54, 1.807) is 6.07 Å². The largest absolute Gasteiger partial charge is 0.454 e. The molecular formula is C24H24N4O2. The van der Waals surface area contributed by atoms with E-state index in [0.717, 1.165) is 24.0 Å². The van der Waals surface area contributed by atoms with Crippen molar-refractivity contribution in [2.45, 2.75) is 39.5 Å². The second-order valence-corrected chi connectivity index (χ2v) is 9.44. The van der Waals surface area contributed by atoms with E-state index in [1.807, 2.05) is 12.1 Å². The molecule has 1 saturated carbocycles. The lowest BCUT2D eigenvalue weighted by Gasteiger charge is -2.49. The van der Waals surface area contributed by atoms with Crippen molar-refractivity contribution in [3.8, 4) is 29.7 Å². The van der Waals surface area contributed by atoms with E-state index >= 15 is 0 Å². The van der Waals surface area contributed by atoms with Crippen LogP contribution in [0.2, 0.25) is 0 Å². The Morgan fingerprint density at radius 2 is 1.80 bits per heavy atom. The van der Waals surface area contributed by atoms with Crippen LogP contribution in [-0.4, -0.2) is 12.5 Å². The predicted octanol–water partition coefficient (Wildman–Crippen LogP) is 4.70. The number of hydrogen-bond acceptors (Lipinski definition) is 6. The standard InChI is InChI=1S/C24H24N4O2/c1-23(2,3)15-5-6-16-17(9-15)21(14-4-7-19-20(8-14)30-13-29-19)24(11-26,12-27)22(28)18(16)10-25/h4,6-8,15,17-18,21,28H,5,9,13H2,1-3H3/t15?,17-,18?,21+/m0/s1. The van der Waals surface area contributed by atoms with E-state index < -0.39 is 17.3 Å². The Morgan fingerprint density at radius 3 is 2.43 bits per heavy atom. The van der Waals surface area contributed by atoms with E-state index in [1.165, 1.54) is 0 Å². The Balaban J connectivity index is 1.92. The molecule has 0 radical (unpaired) electrons. The van der Waals surface area contributed by atoms with Crippen molar-refractivity contribution in [3.05, 3.63) is 35.4 Å². The lowest BCUT2D eigenvalue weighted by atomic mass is 9.51. The molecule has 0 bridgehead atoms. The summed E-state index contributed by atoms with van der Waals surface area (Å²) < 4.78 is 11.0. The number of nitrogens with zero attached hydrogens (tertiary/aromatic N) is 3. The van der Waals surface area contributed by atoms with E-state index in [-0.39, 0.29) is 23.8 Å². The zero-order valence-electron chi connectivity index (χ0n) is 17.4. The van der Waals surface area contributed by atoms with Crippen LogP contribution in [0, 0.1) is 68.0 Å². The molecule has 0 spiro atoms. The Labute approximate surface area is 176 Å². The summed E-state index contributed by atoms with van der Waals surface area (Å²) in [5.41, 5.74) is -0.109. The van der Waals surface area contributed by atoms with Gasteiger partial charge in [0.25, 0.3) is 0 Å². The van der Waals surface area contributed by atoms with Gasteiger partial charge in [-0.3, -0.25) is 0 Å². The van der Waals surface area contributed by atoms with Crippen molar-refractivity contribution >= 4 is 5.71 Å². The first-order valence-electron chi connectivity index (χ1n) is 10.2. The molecule has 152 valence electrons. The third kappa shape index (κ3) is 2.78. The summed E-state index contributed by atoms with van der Waals surface area (Å²) in [6.07, 6.45) is 3.69. The zero-order chi connectivity index (χ0) is 21.7. The Morgan fingerprint density at radius 1 is 1.10 bits per heavy atom. The normalized spacial score (nSPS) is 29.1. The highest BCUT2D eigenvalue weighted by Gasteiger charge is 2.58. The molecule has 4 atom stereocenters. The van der Waals surface area contributed by atoms with Crippen molar-refractivity contribution in [1.29, 1.82) is 21.2 Å². The molecule has 3 aliphatic rings. The fourth-order valence-corrected chi connectivity index (χ4v) is 5.21. The van der Waals surface area contributed by atoms with Gasteiger partial charge < -0.3 is 14.9 Å². The first kappa shape index (κ1) is 20.0. The molecule has 1 fully saturated rings. The second-order valence-electron chi connectivity index (χ2n) is 9.44. The maximum Gasteiger partial charge on any atom is 0.231 e. The first-order valence-corrected chi connectivity index (χ1v) is 10.2. The molecule has 1 heterocycles. The van der Waals surface area contributed by atoms with Gasteiger partial charge in [-0.2, -0.15) is 15.8 Å². The number of nitrogens with one attached hydrogen (secondary N) is 1. The van der Waals surface area contributed by atoms with E-state index in [2.05, 4.69) is 45.1 Å². The molecule has 1 N–H and O–H groups in total. The number of nitriles is 3. The highest BCUT2D eigenvalue weighted by molar-refractivity contribution is 6.00. The molecule has 6 nitrogen and oxygen atoms in total. The van der Waals surface area contributed by atoms with Crippen LogP contribution in [0.5, 0.6) is 11.5 Å². The minimum atomic E-state index is -1.70. The fraction of sp³-hybridized carbons (Fsp3) is 0.500. The summed E-state index contributed by atoms with van der Waals surface area (Å²) in [4.78, 5) is 0. The number of benzene rings is 1. The number of fused-ring (bicyclic) bond motifs is 2. The molecular weight excluding hydrogens is 376 g/mol. The molecule has 1 aromatic rings. The van der Waals surface area contributed by atoms with Gasteiger partial charge in [-0.05, 0) is 53.4 Å². The van der Waals surface area contributed by atoms with E-state index in [4.69, 9.17) is 14.9 Å². The van der Waals surface area contributed by atoms with Gasteiger partial charge in [-0.15, -0.1) is 0 Å². The van der Waals surface area contributed by atoms with Gasteiger partial charge in [-0.25, -0.2) is 0 Å². The van der Waals surface area contributed by atoms with Crippen LogP contribution in [0.3, 0.4) is 0 Å². The van der Waals surface area contributed by atoms with Crippen molar-refractivity contribution in [2.24, 2.45) is 28.6 Å². The second kappa shape index (κ2) is 6.89. The van der Waals surface area contributed by atoms with E-state index in [9.17, 15) is 15.8 Å². The minimum Gasteiger partial charge on any atom is -0.454 e. The van der Waals surface area contributed by atoms with Crippen LogP contribution in [0.25, 0.3) is 0 Å². The monoisotopic (exact) mass is 400 g/mol. The van der Waals surface area contributed by atoms with Crippen molar-refractivity contribution < 1.29 is 9.47 Å². The van der Waals surface area contributed by atoms with Crippen LogP contribution in [0.1, 0.15) is 45.1 Å². The number of allylic oxidation sites excluding steroid dienone is 2. The number of ether oxygens (including phenoxy) is 2. The van der Waals surface area contributed by atoms with Gasteiger partial charge in [0.05, 0.1) is 23.9 Å². The average Bonchev–Trinajstić information content (AvgIpc) is 3.20. The molecule has 30 heavy (non-hydrogen) atoms. The minimum absolute atomic E-state index is 0.0521. The summed E-state index contributed by atoms with van der Waals surface area (Å²) in [6, 6.07) is 12.0. The first-order chi connectivity index (χ1) is 14.3. The molecule has 6 heteroatoms. The summed E-state index contributed by atoms with van der Waals surface area (Å²) in [7, 11) is 0. The third-order valence-corrected chi connectivity index (χ3v) is 6.98. The Kier molecular flexibility index (Phi) is 4.59. The molecule has 0 amide bonds. The van der Waals surface area contributed by atoms with Gasteiger partial charge >= 0.3 is 0 Å². The van der Waals surface area contributed by atoms with Gasteiger partial charge in [0.15, 0.2) is 16.9 Å². The molecule has 4 rings (SSSR count). The predicted molar refractivity (Wildman–Crippen MR) is 110 cm³/mol. The topological polar surface area (TPSA) is 114 Å². The average molecular weight is 400 g/mol. The maximum atomic E-state index is 10.2. The number of rotatable bonds is 1. The molecule has 2 unspecified atom stereocenters. The van der Waals surface area contributed by atoms with E-state index in [0.29, 0.717) is 17.4 Å². The SMILES string of the molecule is CC(C)(C)C1CC=C2C(C#N)C(=N)C(C#N)(C#N)[C@H](c3ccc4c(c3)OCO4)[C@H]2C1. The maximum absolute atomic E-state index is 10.2. The molecule has 2 aliphatic carbocycles. The van der Waals surface area contributed by atoms with Crippen molar-refractivity contribution in [2.75, 3.05) is 6.79 Å².